The second-order valence-electron chi connectivity index (χ2n) is 4.88. The third-order valence-corrected chi connectivity index (χ3v) is 4.65. The van der Waals surface area contributed by atoms with Gasteiger partial charge in [-0.25, -0.2) is 18.4 Å². The summed E-state index contributed by atoms with van der Waals surface area (Å²) in [4.78, 5) is 28.2. The summed E-state index contributed by atoms with van der Waals surface area (Å²) in [6.07, 6.45) is 2.84. The summed E-state index contributed by atoms with van der Waals surface area (Å²) >= 11 is 0. The molecule has 2 rings (SSSR count). The van der Waals surface area contributed by atoms with Gasteiger partial charge in [-0.05, 0) is 11.6 Å². The molecule has 0 spiro atoms. The number of amides is 1. The Morgan fingerprint density at radius 3 is 2.76 bits per heavy atom. The van der Waals surface area contributed by atoms with Gasteiger partial charge in [-0.1, -0.05) is 6.07 Å². The van der Waals surface area contributed by atoms with Crippen molar-refractivity contribution in [1.82, 2.24) is 9.88 Å². The van der Waals surface area contributed by atoms with Crippen LogP contribution < -0.4 is 5.14 Å². The number of carbonyl (C=O) groups is 2. The van der Waals surface area contributed by atoms with Gasteiger partial charge in [-0.2, -0.15) is 0 Å². The summed E-state index contributed by atoms with van der Waals surface area (Å²) < 4.78 is 22.6. The van der Waals surface area contributed by atoms with Crippen molar-refractivity contribution in [2.45, 2.75) is 24.1 Å². The van der Waals surface area contributed by atoms with Crippen LogP contribution in [0.5, 0.6) is 0 Å². The van der Waals surface area contributed by atoms with Gasteiger partial charge in [0.15, 0.2) is 0 Å². The van der Waals surface area contributed by atoms with Gasteiger partial charge in [0.2, 0.25) is 15.9 Å². The molecule has 1 aromatic heterocycles. The van der Waals surface area contributed by atoms with E-state index in [9.17, 15) is 23.1 Å². The average Bonchev–Trinajstić information content (AvgIpc) is 2.79. The zero-order valence-corrected chi connectivity index (χ0v) is 11.9. The van der Waals surface area contributed by atoms with Crippen LogP contribution >= 0.6 is 0 Å². The second kappa shape index (κ2) is 5.78. The van der Waals surface area contributed by atoms with Gasteiger partial charge in [0.1, 0.15) is 11.3 Å². The maximum absolute atomic E-state index is 11.9. The average molecular weight is 313 g/mol. The molecule has 2 heterocycles. The van der Waals surface area contributed by atoms with Gasteiger partial charge in [0, 0.05) is 31.8 Å². The molecule has 1 aromatic rings. The molecule has 0 radical (unpaired) electrons. The number of hydrogen-bond acceptors (Lipinski definition) is 5. The highest BCUT2D eigenvalue weighted by Crippen LogP contribution is 2.21. The van der Waals surface area contributed by atoms with Crippen molar-refractivity contribution in [1.29, 1.82) is 0 Å². The number of likely N-dealkylation sites (tertiary alicyclic amines) is 1. The number of aromatic nitrogens is 1. The van der Waals surface area contributed by atoms with Crippen molar-refractivity contribution < 1.29 is 23.1 Å². The Kier molecular flexibility index (Phi) is 4.24. The number of pyridine rings is 1. The van der Waals surface area contributed by atoms with Crippen LogP contribution in [0.3, 0.4) is 0 Å². The smallest absolute Gasteiger partial charge is 0.326 e. The van der Waals surface area contributed by atoms with Crippen LogP contribution in [-0.4, -0.2) is 53.1 Å². The van der Waals surface area contributed by atoms with Gasteiger partial charge < -0.3 is 10.0 Å². The van der Waals surface area contributed by atoms with Crippen molar-refractivity contribution in [3.63, 3.8) is 0 Å². The molecule has 9 heteroatoms. The molecule has 21 heavy (non-hydrogen) atoms. The lowest BCUT2D eigenvalue weighted by Crippen LogP contribution is -2.44. The number of aliphatic carboxylic acids is 1. The molecule has 2 unspecified atom stereocenters. The maximum Gasteiger partial charge on any atom is 0.326 e. The zero-order valence-electron chi connectivity index (χ0n) is 11.0. The van der Waals surface area contributed by atoms with Crippen LogP contribution in [0, 0.1) is 0 Å². The minimum atomic E-state index is -3.87. The third-order valence-electron chi connectivity index (χ3n) is 3.40. The molecule has 8 nitrogen and oxygen atoms in total. The largest absolute Gasteiger partial charge is 0.480 e. The number of carboxylic acids is 1. The fourth-order valence-corrected chi connectivity index (χ4v) is 3.04. The lowest BCUT2D eigenvalue weighted by Gasteiger charge is -2.24. The van der Waals surface area contributed by atoms with E-state index in [2.05, 4.69) is 4.98 Å². The van der Waals surface area contributed by atoms with E-state index in [-0.39, 0.29) is 19.4 Å². The van der Waals surface area contributed by atoms with Crippen molar-refractivity contribution in [3.05, 3.63) is 30.1 Å². The van der Waals surface area contributed by atoms with Gasteiger partial charge in [0.25, 0.3) is 0 Å². The van der Waals surface area contributed by atoms with Crippen LogP contribution in [-0.2, 0) is 26.0 Å². The number of nitrogens with two attached hydrogens (primary N) is 1. The third kappa shape index (κ3) is 3.56. The van der Waals surface area contributed by atoms with Crippen LogP contribution in [0.1, 0.15) is 12.0 Å². The summed E-state index contributed by atoms with van der Waals surface area (Å²) in [5.41, 5.74) is 0.650. The summed E-state index contributed by atoms with van der Waals surface area (Å²) in [7, 11) is -3.87. The molecule has 1 saturated heterocycles. The van der Waals surface area contributed by atoms with Crippen molar-refractivity contribution in [3.8, 4) is 0 Å². The monoisotopic (exact) mass is 313 g/mol. The molecule has 3 N–H and O–H groups in total. The van der Waals surface area contributed by atoms with Crippen LogP contribution in [0.15, 0.2) is 24.5 Å². The fourth-order valence-electron chi connectivity index (χ4n) is 2.29. The van der Waals surface area contributed by atoms with Crippen LogP contribution in [0.25, 0.3) is 0 Å². The molecule has 1 fully saturated rings. The van der Waals surface area contributed by atoms with E-state index < -0.39 is 33.2 Å². The van der Waals surface area contributed by atoms with Crippen molar-refractivity contribution in [2.24, 2.45) is 5.14 Å². The number of primary sulfonamides is 1. The first-order valence-electron chi connectivity index (χ1n) is 6.22. The van der Waals surface area contributed by atoms with E-state index in [0.29, 0.717) is 5.56 Å². The Balaban J connectivity index is 2.20. The molecule has 1 aliphatic rings. The van der Waals surface area contributed by atoms with Crippen LogP contribution in [0.4, 0.5) is 0 Å². The summed E-state index contributed by atoms with van der Waals surface area (Å²) in [6, 6.07) is 2.22. The Bertz CT molecular complexity index is 646. The van der Waals surface area contributed by atoms with E-state index in [1.54, 1.807) is 18.3 Å². The molecule has 0 saturated carbocycles. The highest BCUT2D eigenvalue weighted by molar-refractivity contribution is 7.89. The van der Waals surface area contributed by atoms with Crippen LogP contribution in [0.2, 0.25) is 0 Å². The molecule has 2 atom stereocenters. The number of carboxylic acid groups (broad SMARTS) is 1. The van der Waals surface area contributed by atoms with E-state index in [1.807, 2.05) is 0 Å². The minimum absolute atomic E-state index is 0.0618. The number of nitrogens with zero attached hydrogens (tertiary/aromatic N) is 2. The van der Waals surface area contributed by atoms with E-state index in [4.69, 9.17) is 5.14 Å². The number of hydrogen-bond donors (Lipinski definition) is 2. The Morgan fingerprint density at radius 1 is 1.57 bits per heavy atom. The number of rotatable bonds is 5. The standard InChI is InChI=1S/C12H15N3O5S/c13-21(19,20)9-5-11(16)15(7-9)10(12(17)18)4-8-2-1-3-14-6-8/h1-3,6,9-10H,4-5,7H2,(H,17,18)(H2,13,19,20). The minimum Gasteiger partial charge on any atom is -0.480 e. The molecule has 0 aliphatic carbocycles. The van der Waals surface area contributed by atoms with Gasteiger partial charge in [-0.3, -0.25) is 9.78 Å². The van der Waals surface area contributed by atoms with E-state index in [1.165, 1.54) is 6.20 Å². The normalized spacial score (nSPS) is 20.5. The Morgan fingerprint density at radius 2 is 2.29 bits per heavy atom. The predicted molar refractivity (Wildman–Crippen MR) is 72.6 cm³/mol. The quantitative estimate of drug-likeness (QED) is 0.714. The molecule has 114 valence electrons. The molecule has 0 bridgehead atoms. The molecule has 1 amide bonds. The maximum atomic E-state index is 11.9. The van der Waals surface area contributed by atoms with E-state index >= 15 is 0 Å². The second-order valence-corrected chi connectivity index (χ2v) is 6.73. The molecule has 1 aliphatic heterocycles. The summed E-state index contributed by atoms with van der Waals surface area (Å²) in [5, 5.41) is 13.3. The van der Waals surface area contributed by atoms with Crippen molar-refractivity contribution in [2.75, 3.05) is 6.54 Å². The van der Waals surface area contributed by atoms with E-state index in [0.717, 1.165) is 4.90 Å². The lowest BCUT2D eigenvalue weighted by atomic mass is 10.1. The predicted octanol–water partition coefficient (Wildman–Crippen LogP) is -1.03. The first-order valence-corrected chi connectivity index (χ1v) is 7.83. The van der Waals surface area contributed by atoms with Crippen molar-refractivity contribution >= 4 is 21.9 Å². The fraction of sp³-hybridized carbons (Fsp3) is 0.417. The SMILES string of the molecule is NS(=O)(=O)C1CC(=O)N(C(Cc2cccnc2)C(=O)O)C1. The molecule has 0 aromatic carbocycles. The topological polar surface area (TPSA) is 131 Å². The number of sulfonamides is 1. The molecular weight excluding hydrogens is 298 g/mol. The summed E-state index contributed by atoms with van der Waals surface area (Å²) in [6.45, 7) is -0.200. The van der Waals surface area contributed by atoms with Gasteiger partial charge in [-0.15, -0.1) is 0 Å². The first kappa shape index (κ1) is 15.4. The lowest BCUT2D eigenvalue weighted by molar-refractivity contribution is -0.148. The van der Waals surface area contributed by atoms with Gasteiger partial charge >= 0.3 is 5.97 Å². The number of carbonyl (C=O) groups excluding carboxylic acids is 1. The highest BCUT2D eigenvalue weighted by Gasteiger charge is 2.41. The summed E-state index contributed by atoms with van der Waals surface area (Å²) in [5.74, 6) is -1.72. The molecular formula is C12H15N3O5S. The zero-order chi connectivity index (χ0) is 15.6. The Labute approximate surface area is 121 Å². The van der Waals surface area contributed by atoms with Gasteiger partial charge in [0.05, 0.1) is 0 Å². The highest BCUT2D eigenvalue weighted by atomic mass is 32.2. The Hall–Kier alpha value is -2.00. The first-order chi connectivity index (χ1) is 9.79.